The van der Waals surface area contributed by atoms with E-state index in [0.29, 0.717) is 18.5 Å². The van der Waals surface area contributed by atoms with Gasteiger partial charge in [-0.1, -0.05) is 48.5 Å². The minimum Gasteiger partial charge on any atom is -0.466 e. The third kappa shape index (κ3) is 4.10. The van der Waals surface area contributed by atoms with Crippen LogP contribution in [0.1, 0.15) is 43.9 Å². The number of aryl methyl sites for hydroxylation is 1. The molecule has 0 fully saturated rings. The molecule has 2 aliphatic rings. The molecule has 3 rings (SSSR count). The maximum absolute atomic E-state index is 12.8. The summed E-state index contributed by atoms with van der Waals surface area (Å²) in [6, 6.07) is 7.75. The van der Waals surface area contributed by atoms with Gasteiger partial charge < -0.3 is 14.5 Å². The second-order valence-electron chi connectivity index (χ2n) is 7.09. The predicted molar refractivity (Wildman–Crippen MR) is 116 cm³/mol. The van der Waals surface area contributed by atoms with Gasteiger partial charge in [0.05, 0.1) is 30.8 Å². The van der Waals surface area contributed by atoms with E-state index < -0.39 is 0 Å². The van der Waals surface area contributed by atoms with Crippen molar-refractivity contribution in [1.29, 1.82) is 0 Å². The van der Waals surface area contributed by atoms with Crippen LogP contribution in [0.4, 0.5) is 0 Å². The van der Waals surface area contributed by atoms with E-state index in [-0.39, 0.29) is 24.3 Å². The molecule has 1 aromatic rings. The SMILES string of the molecule is CCC1=C(C(=O)OC)C(c2ccc(C)cc2)N2C(CC(=O)N(C)CC)=CSC2=N1. The number of esters is 1. The molecule has 2 aliphatic heterocycles. The Labute approximate surface area is 176 Å². The van der Waals surface area contributed by atoms with E-state index in [1.807, 2.05) is 55.3 Å². The average Bonchev–Trinajstić information content (AvgIpc) is 3.14. The van der Waals surface area contributed by atoms with Crippen LogP contribution in [0.25, 0.3) is 0 Å². The lowest BCUT2D eigenvalue weighted by Gasteiger charge is -2.36. The zero-order valence-corrected chi connectivity index (χ0v) is 18.4. The Morgan fingerprint density at radius 2 is 1.93 bits per heavy atom. The minimum atomic E-state index is -0.386. The van der Waals surface area contributed by atoms with E-state index in [0.717, 1.165) is 27.7 Å². The third-order valence-corrected chi connectivity index (χ3v) is 6.14. The Balaban J connectivity index is 2.08. The normalized spacial score (nSPS) is 18.2. The van der Waals surface area contributed by atoms with Crippen molar-refractivity contribution in [1.82, 2.24) is 9.80 Å². The first kappa shape index (κ1) is 21.2. The van der Waals surface area contributed by atoms with Gasteiger partial charge in [-0.3, -0.25) is 4.79 Å². The highest BCUT2D eigenvalue weighted by molar-refractivity contribution is 8.16. The van der Waals surface area contributed by atoms with Crippen molar-refractivity contribution in [3.63, 3.8) is 0 Å². The number of fused-ring (bicyclic) bond motifs is 1. The number of thioether (sulfide) groups is 1. The van der Waals surface area contributed by atoms with Crippen LogP contribution in [-0.2, 0) is 14.3 Å². The van der Waals surface area contributed by atoms with Gasteiger partial charge in [0, 0.05) is 19.3 Å². The van der Waals surface area contributed by atoms with E-state index in [1.54, 1.807) is 11.9 Å². The summed E-state index contributed by atoms with van der Waals surface area (Å²) in [6.07, 6.45) is 0.881. The number of carbonyl (C=O) groups is 2. The fourth-order valence-corrected chi connectivity index (χ4v) is 4.38. The number of aliphatic imine (C=N–C) groups is 1. The van der Waals surface area contributed by atoms with Crippen molar-refractivity contribution in [2.45, 2.75) is 39.7 Å². The third-order valence-electron chi connectivity index (χ3n) is 5.25. The summed E-state index contributed by atoms with van der Waals surface area (Å²) in [5.74, 6) is -0.350. The molecule has 154 valence electrons. The van der Waals surface area contributed by atoms with Gasteiger partial charge in [0.25, 0.3) is 0 Å². The van der Waals surface area contributed by atoms with E-state index in [1.165, 1.54) is 18.9 Å². The van der Waals surface area contributed by atoms with E-state index in [4.69, 9.17) is 9.73 Å². The summed E-state index contributed by atoms with van der Waals surface area (Å²) in [5, 5.41) is 2.76. The zero-order chi connectivity index (χ0) is 21.1. The van der Waals surface area contributed by atoms with Gasteiger partial charge in [-0.15, -0.1) is 0 Å². The van der Waals surface area contributed by atoms with Gasteiger partial charge >= 0.3 is 5.97 Å². The zero-order valence-electron chi connectivity index (χ0n) is 17.6. The first-order valence-electron chi connectivity index (χ1n) is 9.76. The second-order valence-corrected chi connectivity index (χ2v) is 7.93. The number of carbonyl (C=O) groups excluding carboxylic acids is 2. The van der Waals surface area contributed by atoms with Gasteiger partial charge in [-0.25, -0.2) is 9.79 Å². The molecule has 0 saturated heterocycles. The second kappa shape index (κ2) is 8.86. The van der Waals surface area contributed by atoms with Gasteiger partial charge in [0.1, 0.15) is 0 Å². The molecular weight excluding hydrogens is 386 g/mol. The number of allylic oxidation sites excluding steroid dienone is 1. The molecule has 0 spiro atoms. The number of hydrogen-bond acceptors (Lipinski definition) is 6. The lowest BCUT2D eigenvalue weighted by molar-refractivity contribution is -0.136. The summed E-state index contributed by atoms with van der Waals surface area (Å²) in [6.45, 7) is 6.61. The quantitative estimate of drug-likeness (QED) is 0.660. The van der Waals surface area contributed by atoms with Crippen LogP contribution in [-0.4, -0.2) is 47.5 Å². The van der Waals surface area contributed by atoms with Gasteiger partial charge in [0.15, 0.2) is 5.17 Å². The van der Waals surface area contributed by atoms with Crippen LogP contribution in [0.3, 0.4) is 0 Å². The summed E-state index contributed by atoms with van der Waals surface area (Å²) in [4.78, 5) is 33.8. The molecule has 0 radical (unpaired) electrons. The molecule has 0 bridgehead atoms. The summed E-state index contributed by atoms with van der Waals surface area (Å²) < 4.78 is 5.12. The van der Waals surface area contributed by atoms with Gasteiger partial charge in [0.2, 0.25) is 5.91 Å². The van der Waals surface area contributed by atoms with Crippen LogP contribution in [0.2, 0.25) is 0 Å². The molecule has 1 amide bonds. The highest BCUT2D eigenvalue weighted by Gasteiger charge is 2.41. The first-order valence-corrected chi connectivity index (χ1v) is 10.6. The van der Waals surface area contributed by atoms with Crippen molar-refractivity contribution in [2.24, 2.45) is 4.99 Å². The Morgan fingerprint density at radius 1 is 1.24 bits per heavy atom. The Kier molecular flexibility index (Phi) is 6.47. The van der Waals surface area contributed by atoms with Crippen molar-refractivity contribution < 1.29 is 14.3 Å². The van der Waals surface area contributed by atoms with Crippen LogP contribution < -0.4 is 0 Å². The molecule has 29 heavy (non-hydrogen) atoms. The number of ether oxygens (including phenoxy) is 1. The molecule has 0 saturated carbocycles. The van der Waals surface area contributed by atoms with E-state index >= 15 is 0 Å². The monoisotopic (exact) mass is 413 g/mol. The first-order chi connectivity index (χ1) is 13.9. The summed E-state index contributed by atoms with van der Waals surface area (Å²) >= 11 is 1.49. The number of amides is 1. The fourth-order valence-electron chi connectivity index (χ4n) is 3.44. The van der Waals surface area contributed by atoms with E-state index in [9.17, 15) is 9.59 Å². The molecule has 0 N–H and O–H groups in total. The number of hydrogen-bond donors (Lipinski definition) is 0. The Morgan fingerprint density at radius 3 is 2.52 bits per heavy atom. The summed E-state index contributed by atoms with van der Waals surface area (Å²) in [5.41, 5.74) is 4.23. The molecule has 7 heteroatoms. The van der Waals surface area contributed by atoms with Crippen molar-refractivity contribution in [3.05, 3.63) is 57.8 Å². The smallest absolute Gasteiger partial charge is 0.338 e. The average molecular weight is 414 g/mol. The van der Waals surface area contributed by atoms with Crippen LogP contribution in [0.5, 0.6) is 0 Å². The van der Waals surface area contributed by atoms with E-state index in [2.05, 4.69) is 0 Å². The highest BCUT2D eigenvalue weighted by Crippen LogP contribution is 2.45. The Bertz CT molecular complexity index is 902. The largest absolute Gasteiger partial charge is 0.466 e. The number of methoxy groups -OCH3 is 1. The predicted octanol–water partition coefficient (Wildman–Crippen LogP) is 4.00. The fraction of sp³-hybridized carbons (Fsp3) is 0.409. The standard InChI is InChI=1S/C22H27N3O3S/c1-6-17-19(21(27)28-5)20(15-10-8-14(3)9-11-15)25-16(13-29-22(25)23-17)12-18(26)24(4)7-2/h8-11,13,20H,6-7,12H2,1-5H3. The lowest BCUT2D eigenvalue weighted by Crippen LogP contribution is -2.38. The molecule has 1 unspecified atom stereocenters. The lowest BCUT2D eigenvalue weighted by atomic mass is 9.92. The van der Waals surface area contributed by atoms with Crippen molar-refractivity contribution in [3.8, 4) is 0 Å². The molecular formula is C22H27N3O3S. The molecule has 1 atom stereocenters. The summed E-state index contributed by atoms with van der Waals surface area (Å²) in [7, 11) is 3.19. The van der Waals surface area contributed by atoms with Crippen LogP contribution >= 0.6 is 11.8 Å². The highest BCUT2D eigenvalue weighted by atomic mass is 32.2. The van der Waals surface area contributed by atoms with Crippen molar-refractivity contribution >= 4 is 28.8 Å². The number of nitrogens with zero attached hydrogens (tertiary/aromatic N) is 3. The molecule has 2 heterocycles. The maximum Gasteiger partial charge on any atom is 0.338 e. The van der Waals surface area contributed by atoms with Crippen molar-refractivity contribution in [2.75, 3.05) is 20.7 Å². The molecule has 0 aromatic heterocycles. The van der Waals surface area contributed by atoms with Crippen LogP contribution in [0.15, 0.2) is 51.6 Å². The topological polar surface area (TPSA) is 62.2 Å². The van der Waals surface area contributed by atoms with Gasteiger partial charge in [-0.2, -0.15) is 0 Å². The maximum atomic E-state index is 12.8. The number of rotatable bonds is 6. The molecule has 1 aromatic carbocycles. The minimum absolute atomic E-state index is 0.0353. The van der Waals surface area contributed by atoms with Crippen LogP contribution in [0, 0.1) is 6.92 Å². The molecule has 0 aliphatic carbocycles. The molecule has 6 nitrogen and oxygen atoms in total. The Hall–Kier alpha value is -2.54. The van der Waals surface area contributed by atoms with Gasteiger partial charge in [-0.05, 0) is 31.2 Å². The number of amidine groups is 1. The number of benzene rings is 1.